The minimum Gasteiger partial charge on any atom is -0.253 e. The van der Waals surface area contributed by atoms with Gasteiger partial charge in [0.05, 0.1) is 5.02 Å². The van der Waals surface area contributed by atoms with Crippen LogP contribution in [0.3, 0.4) is 0 Å². The number of aromatic nitrogens is 1. The van der Waals surface area contributed by atoms with Crippen LogP contribution in [-0.2, 0) is 10.2 Å². The minimum absolute atomic E-state index is 0.184. The van der Waals surface area contributed by atoms with E-state index in [0.717, 1.165) is 25.7 Å². The van der Waals surface area contributed by atoms with Crippen molar-refractivity contribution >= 4 is 27.6 Å². The average Bonchev–Trinajstić information content (AvgIpc) is 2.61. The normalized spacial score (nSPS) is 18.3. The first-order valence-electron chi connectivity index (χ1n) is 5.98. The molecule has 100 valence electrons. The third-order valence-corrected chi connectivity index (χ3v) is 4.69. The summed E-state index contributed by atoms with van der Waals surface area (Å²) in [6.45, 7) is 1.11. The number of rotatable bonds is 3. The second-order valence-electron chi connectivity index (χ2n) is 4.25. The Morgan fingerprint density at radius 2 is 1.89 bits per heavy atom. The molecule has 0 aromatic carbocycles. The summed E-state index contributed by atoms with van der Waals surface area (Å²) in [5, 5.41) is 0.302. The van der Waals surface area contributed by atoms with Gasteiger partial charge < -0.3 is 0 Å². The molecule has 7 heteroatoms. The summed E-state index contributed by atoms with van der Waals surface area (Å²) in [6.07, 6.45) is 5.46. The highest BCUT2D eigenvalue weighted by Gasteiger charge is 2.23. The molecule has 1 fully saturated rings. The van der Waals surface area contributed by atoms with Gasteiger partial charge in [-0.05, 0) is 25.0 Å². The van der Waals surface area contributed by atoms with Crippen LogP contribution in [0.1, 0.15) is 25.7 Å². The molecule has 0 spiro atoms. The fourth-order valence-corrected chi connectivity index (χ4v) is 3.43. The number of nitrogens with one attached hydrogen (secondary N) is 1. The Labute approximate surface area is 112 Å². The lowest BCUT2D eigenvalue weighted by Gasteiger charge is -2.20. The van der Waals surface area contributed by atoms with Crippen molar-refractivity contribution < 1.29 is 8.42 Å². The SMILES string of the molecule is O=S(=O)(Nc1ncccc1Cl)N1CCCCCC1. The lowest BCUT2D eigenvalue weighted by Crippen LogP contribution is -2.36. The predicted molar refractivity (Wildman–Crippen MR) is 71.8 cm³/mol. The molecule has 5 nitrogen and oxygen atoms in total. The monoisotopic (exact) mass is 289 g/mol. The highest BCUT2D eigenvalue weighted by Crippen LogP contribution is 2.21. The van der Waals surface area contributed by atoms with E-state index in [2.05, 4.69) is 9.71 Å². The van der Waals surface area contributed by atoms with Gasteiger partial charge in [-0.2, -0.15) is 12.7 Å². The van der Waals surface area contributed by atoms with Crippen molar-refractivity contribution in [2.45, 2.75) is 25.7 Å². The van der Waals surface area contributed by atoms with Crippen molar-refractivity contribution in [1.29, 1.82) is 0 Å². The van der Waals surface area contributed by atoms with Crippen molar-refractivity contribution in [1.82, 2.24) is 9.29 Å². The lowest BCUT2D eigenvalue weighted by atomic mass is 10.2. The number of pyridine rings is 1. The molecule has 1 saturated heterocycles. The zero-order valence-corrected chi connectivity index (χ0v) is 11.5. The first-order chi connectivity index (χ1) is 8.59. The number of anilines is 1. The fraction of sp³-hybridized carbons (Fsp3) is 0.545. The topological polar surface area (TPSA) is 62.3 Å². The third kappa shape index (κ3) is 3.34. The first kappa shape index (κ1) is 13.6. The van der Waals surface area contributed by atoms with Crippen molar-refractivity contribution in [3.05, 3.63) is 23.4 Å². The molecule has 2 heterocycles. The number of hydrogen-bond donors (Lipinski definition) is 1. The van der Waals surface area contributed by atoms with Crippen LogP contribution >= 0.6 is 11.6 Å². The molecule has 1 aliphatic rings. The maximum absolute atomic E-state index is 12.2. The smallest absolute Gasteiger partial charge is 0.253 e. The number of nitrogens with zero attached hydrogens (tertiary/aromatic N) is 2. The van der Waals surface area contributed by atoms with Gasteiger partial charge in [-0.1, -0.05) is 24.4 Å². The van der Waals surface area contributed by atoms with Gasteiger partial charge in [0, 0.05) is 19.3 Å². The second-order valence-corrected chi connectivity index (χ2v) is 6.33. The Hall–Kier alpha value is -0.850. The number of halogens is 1. The summed E-state index contributed by atoms with van der Waals surface area (Å²) in [6, 6.07) is 3.26. The fourth-order valence-electron chi connectivity index (χ4n) is 1.93. The molecule has 0 unspecified atom stereocenters. The van der Waals surface area contributed by atoms with Gasteiger partial charge in [-0.25, -0.2) is 4.98 Å². The highest BCUT2D eigenvalue weighted by molar-refractivity contribution is 7.90. The van der Waals surface area contributed by atoms with E-state index in [-0.39, 0.29) is 5.82 Å². The Morgan fingerprint density at radius 3 is 2.50 bits per heavy atom. The van der Waals surface area contributed by atoms with E-state index in [1.54, 1.807) is 12.1 Å². The molecule has 1 aromatic heterocycles. The molecule has 0 atom stereocenters. The summed E-state index contributed by atoms with van der Waals surface area (Å²) < 4.78 is 28.3. The van der Waals surface area contributed by atoms with E-state index in [1.807, 2.05) is 0 Å². The van der Waals surface area contributed by atoms with Gasteiger partial charge in [0.15, 0.2) is 5.82 Å². The molecule has 18 heavy (non-hydrogen) atoms. The van der Waals surface area contributed by atoms with E-state index < -0.39 is 10.2 Å². The molecule has 0 bridgehead atoms. The molecule has 0 aliphatic carbocycles. The van der Waals surface area contributed by atoms with Crippen molar-refractivity contribution in [2.75, 3.05) is 17.8 Å². The van der Waals surface area contributed by atoms with Crippen LogP contribution in [0.2, 0.25) is 5.02 Å². The van der Waals surface area contributed by atoms with Gasteiger partial charge in [-0.3, -0.25) is 4.72 Å². The van der Waals surface area contributed by atoms with Crippen LogP contribution in [0.4, 0.5) is 5.82 Å². The van der Waals surface area contributed by atoms with Gasteiger partial charge in [0.2, 0.25) is 0 Å². The summed E-state index contributed by atoms with van der Waals surface area (Å²) >= 11 is 5.89. The standard InChI is InChI=1S/C11H16ClN3O2S/c12-10-6-5-7-13-11(10)14-18(16,17)15-8-3-1-2-4-9-15/h5-7H,1-4,8-9H2,(H,13,14). The first-order valence-corrected chi connectivity index (χ1v) is 7.80. The number of hydrogen-bond acceptors (Lipinski definition) is 3. The van der Waals surface area contributed by atoms with Crippen LogP contribution in [0.5, 0.6) is 0 Å². The quantitative estimate of drug-likeness (QED) is 0.928. The summed E-state index contributed by atoms with van der Waals surface area (Å²) in [5.41, 5.74) is 0. The van der Waals surface area contributed by atoms with Gasteiger partial charge in [-0.15, -0.1) is 0 Å². The van der Waals surface area contributed by atoms with Gasteiger partial charge in [0.1, 0.15) is 0 Å². The zero-order chi connectivity index (χ0) is 13.0. The van der Waals surface area contributed by atoms with Gasteiger partial charge in [0.25, 0.3) is 0 Å². The average molecular weight is 290 g/mol. The second kappa shape index (κ2) is 5.86. The summed E-state index contributed by atoms with van der Waals surface area (Å²) in [4.78, 5) is 3.93. The van der Waals surface area contributed by atoms with E-state index >= 15 is 0 Å². The Balaban J connectivity index is 2.13. The van der Waals surface area contributed by atoms with Crippen molar-refractivity contribution in [3.63, 3.8) is 0 Å². The van der Waals surface area contributed by atoms with Crippen LogP contribution < -0.4 is 4.72 Å². The third-order valence-electron chi connectivity index (χ3n) is 2.89. The molecule has 0 radical (unpaired) electrons. The van der Waals surface area contributed by atoms with E-state index in [9.17, 15) is 8.42 Å². The molecule has 0 amide bonds. The van der Waals surface area contributed by atoms with Crippen LogP contribution in [-0.4, -0.2) is 30.8 Å². The Kier molecular flexibility index (Phi) is 4.42. The van der Waals surface area contributed by atoms with E-state index in [1.165, 1.54) is 10.5 Å². The van der Waals surface area contributed by atoms with E-state index in [4.69, 9.17) is 11.6 Å². The van der Waals surface area contributed by atoms with Crippen molar-refractivity contribution in [3.8, 4) is 0 Å². The molecule has 1 N–H and O–H groups in total. The largest absolute Gasteiger partial charge is 0.302 e. The lowest BCUT2D eigenvalue weighted by molar-refractivity contribution is 0.427. The minimum atomic E-state index is -3.55. The molecule has 1 aromatic rings. The van der Waals surface area contributed by atoms with Gasteiger partial charge >= 0.3 is 10.2 Å². The maximum atomic E-state index is 12.2. The molecule has 2 rings (SSSR count). The molecule has 0 saturated carbocycles. The molecular weight excluding hydrogens is 274 g/mol. The van der Waals surface area contributed by atoms with Crippen LogP contribution in [0.15, 0.2) is 18.3 Å². The summed E-state index contributed by atoms with van der Waals surface area (Å²) in [7, 11) is -3.55. The Bertz CT molecular complexity index is 499. The highest BCUT2D eigenvalue weighted by atomic mass is 35.5. The predicted octanol–water partition coefficient (Wildman–Crippen LogP) is 2.27. The van der Waals surface area contributed by atoms with Crippen LogP contribution in [0, 0.1) is 0 Å². The molecular formula is C11H16ClN3O2S. The Morgan fingerprint density at radius 1 is 1.22 bits per heavy atom. The zero-order valence-electron chi connectivity index (χ0n) is 9.97. The summed E-state index contributed by atoms with van der Waals surface area (Å²) in [5.74, 6) is 0.184. The molecule has 1 aliphatic heterocycles. The van der Waals surface area contributed by atoms with E-state index in [0.29, 0.717) is 18.1 Å². The van der Waals surface area contributed by atoms with Crippen LogP contribution in [0.25, 0.3) is 0 Å². The van der Waals surface area contributed by atoms with Crippen molar-refractivity contribution in [2.24, 2.45) is 0 Å². The maximum Gasteiger partial charge on any atom is 0.302 e.